The maximum atomic E-state index is 12.4. The summed E-state index contributed by atoms with van der Waals surface area (Å²) in [6, 6.07) is 7.43. The summed E-state index contributed by atoms with van der Waals surface area (Å²) in [5, 5.41) is 2.88. The van der Waals surface area contributed by atoms with Crippen molar-refractivity contribution in [2.45, 2.75) is 51.7 Å². The van der Waals surface area contributed by atoms with Gasteiger partial charge in [0.1, 0.15) is 23.2 Å². The molecule has 0 aromatic heterocycles. The van der Waals surface area contributed by atoms with Gasteiger partial charge < -0.3 is 24.3 Å². The molecule has 1 heterocycles. The highest BCUT2D eigenvalue weighted by Gasteiger charge is 2.47. The Hall–Kier alpha value is -2.08. The van der Waals surface area contributed by atoms with Gasteiger partial charge in [0.25, 0.3) is 0 Å². The third kappa shape index (κ3) is 4.97. The summed E-state index contributed by atoms with van der Waals surface area (Å²) in [7, 11) is 0. The highest BCUT2D eigenvalue weighted by Crippen LogP contribution is 2.36. The average molecular weight is 363 g/mol. The molecule has 1 aromatic carbocycles. The van der Waals surface area contributed by atoms with Crippen LogP contribution in [0.3, 0.4) is 0 Å². The van der Waals surface area contributed by atoms with E-state index in [0.29, 0.717) is 6.61 Å². The van der Waals surface area contributed by atoms with E-state index in [0.717, 1.165) is 30.4 Å². The molecular weight excluding hydrogens is 334 g/mol. The summed E-state index contributed by atoms with van der Waals surface area (Å²) in [5.74, 6) is 0.276. The molecule has 1 aliphatic rings. The quantitative estimate of drug-likeness (QED) is 0.593. The summed E-state index contributed by atoms with van der Waals surface area (Å²) in [6.45, 7) is 8.63. The number of nitrogens with one attached hydrogen (secondary N) is 1. The zero-order chi connectivity index (χ0) is 19.2. The first-order valence-corrected chi connectivity index (χ1v) is 9.08. The van der Waals surface area contributed by atoms with Crippen LogP contribution in [0.4, 0.5) is 4.79 Å². The molecule has 6 nitrogen and oxygen atoms in total. The SMILES string of the molecule is CCCCOc1ccc([C@]2(NC(=O)OC(C)(C)C)COC[C@H]2C=O)cc1. The minimum Gasteiger partial charge on any atom is -0.494 e. The van der Waals surface area contributed by atoms with E-state index >= 15 is 0 Å². The third-order valence-corrected chi connectivity index (χ3v) is 4.28. The summed E-state index contributed by atoms with van der Waals surface area (Å²) in [5.41, 5.74) is -0.773. The Bertz CT molecular complexity index is 608. The van der Waals surface area contributed by atoms with Gasteiger partial charge in [0.15, 0.2) is 0 Å². The number of carbonyl (C=O) groups is 2. The molecule has 1 amide bonds. The van der Waals surface area contributed by atoms with E-state index in [1.807, 2.05) is 24.3 Å². The van der Waals surface area contributed by atoms with Crippen molar-refractivity contribution in [3.63, 3.8) is 0 Å². The van der Waals surface area contributed by atoms with Gasteiger partial charge in [-0.05, 0) is 44.9 Å². The molecule has 26 heavy (non-hydrogen) atoms. The Kier molecular flexibility index (Phi) is 6.64. The molecule has 0 radical (unpaired) electrons. The number of rotatable bonds is 7. The predicted octanol–water partition coefficient (Wildman–Crippen LogP) is 3.43. The van der Waals surface area contributed by atoms with Gasteiger partial charge in [0.05, 0.1) is 25.7 Å². The number of alkyl carbamates (subject to hydrolysis) is 1. The molecule has 0 bridgehead atoms. The lowest BCUT2D eigenvalue weighted by molar-refractivity contribution is -0.112. The minimum atomic E-state index is -0.938. The monoisotopic (exact) mass is 363 g/mol. The van der Waals surface area contributed by atoms with Gasteiger partial charge in [-0.1, -0.05) is 25.5 Å². The standard InChI is InChI=1S/C20H29NO5/c1-5-6-11-25-17-9-7-15(8-10-17)20(14-24-13-16(20)12-22)21-18(23)26-19(2,3)4/h7-10,12,16H,5-6,11,13-14H2,1-4H3,(H,21,23)/t16-,20-/m1/s1. The molecule has 1 aromatic rings. The van der Waals surface area contributed by atoms with Crippen molar-refractivity contribution in [3.05, 3.63) is 29.8 Å². The Labute approximate surface area is 155 Å². The lowest BCUT2D eigenvalue weighted by Gasteiger charge is -2.34. The van der Waals surface area contributed by atoms with Crippen molar-refractivity contribution in [1.82, 2.24) is 5.32 Å². The van der Waals surface area contributed by atoms with Crippen LogP contribution in [0.25, 0.3) is 0 Å². The van der Waals surface area contributed by atoms with Gasteiger partial charge in [-0.2, -0.15) is 0 Å². The molecule has 0 spiro atoms. The molecular formula is C20H29NO5. The summed E-state index contributed by atoms with van der Waals surface area (Å²) >= 11 is 0. The molecule has 0 unspecified atom stereocenters. The highest BCUT2D eigenvalue weighted by molar-refractivity contribution is 5.71. The Morgan fingerprint density at radius 1 is 1.35 bits per heavy atom. The average Bonchev–Trinajstić information content (AvgIpc) is 2.97. The van der Waals surface area contributed by atoms with Gasteiger partial charge in [-0.25, -0.2) is 4.79 Å². The summed E-state index contributed by atoms with van der Waals surface area (Å²) in [6.07, 6.45) is 2.32. The highest BCUT2D eigenvalue weighted by atomic mass is 16.6. The van der Waals surface area contributed by atoms with E-state index in [1.165, 1.54) is 0 Å². The molecule has 1 aliphatic heterocycles. The molecule has 1 saturated heterocycles. The normalized spacial score (nSPS) is 22.7. The van der Waals surface area contributed by atoms with Crippen molar-refractivity contribution in [1.29, 1.82) is 0 Å². The van der Waals surface area contributed by atoms with Crippen molar-refractivity contribution < 1.29 is 23.8 Å². The van der Waals surface area contributed by atoms with E-state index < -0.39 is 23.2 Å². The number of unbranched alkanes of at least 4 members (excludes halogenated alkanes) is 1. The van der Waals surface area contributed by atoms with Gasteiger partial charge in [0, 0.05) is 0 Å². The minimum absolute atomic E-state index is 0.214. The van der Waals surface area contributed by atoms with Crippen LogP contribution >= 0.6 is 0 Å². The lowest BCUT2D eigenvalue weighted by Crippen LogP contribution is -2.52. The number of aldehydes is 1. The number of benzene rings is 1. The third-order valence-electron chi connectivity index (χ3n) is 4.28. The fourth-order valence-electron chi connectivity index (χ4n) is 2.92. The maximum Gasteiger partial charge on any atom is 0.408 e. The first-order valence-electron chi connectivity index (χ1n) is 9.08. The molecule has 144 valence electrons. The zero-order valence-corrected chi connectivity index (χ0v) is 16.0. The molecule has 1 fully saturated rings. The van der Waals surface area contributed by atoms with Crippen LogP contribution in [0.5, 0.6) is 5.75 Å². The second kappa shape index (κ2) is 8.54. The van der Waals surface area contributed by atoms with Crippen LogP contribution in [0.15, 0.2) is 24.3 Å². The predicted molar refractivity (Wildman–Crippen MR) is 98.3 cm³/mol. The van der Waals surface area contributed by atoms with Crippen molar-refractivity contribution >= 4 is 12.4 Å². The Morgan fingerprint density at radius 2 is 2.04 bits per heavy atom. The maximum absolute atomic E-state index is 12.4. The zero-order valence-electron chi connectivity index (χ0n) is 16.0. The van der Waals surface area contributed by atoms with E-state index in [4.69, 9.17) is 14.2 Å². The second-order valence-electron chi connectivity index (χ2n) is 7.58. The van der Waals surface area contributed by atoms with Gasteiger partial charge >= 0.3 is 6.09 Å². The smallest absolute Gasteiger partial charge is 0.408 e. The number of ether oxygens (including phenoxy) is 3. The lowest BCUT2D eigenvalue weighted by atomic mass is 9.81. The number of hydrogen-bond donors (Lipinski definition) is 1. The van der Waals surface area contributed by atoms with Crippen LogP contribution in [-0.4, -0.2) is 37.8 Å². The largest absolute Gasteiger partial charge is 0.494 e. The van der Waals surface area contributed by atoms with E-state index in [-0.39, 0.29) is 13.2 Å². The van der Waals surface area contributed by atoms with Crippen molar-refractivity contribution in [2.24, 2.45) is 5.92 Å². The molecule has 1 N–H and O–H groups in total. The fraction of sp³-hybridized carbons (Fsp3) is 0.600. The summed E-state index contributed by atoms with van der Waals surface area (Å²) < 4.78 is 16.6. The Morgan fingerprint density at radius 3 is 2.62 bits per heavy atom. The van der Waals surface area contributed by atoms with Gasteiger partial charge in [-0.3, -0.25) is 0 Å². The van der Waals surface area contributed by atoms with Crippen LogP contribution in [0.2, 0.25) is 0 Å². The molecule has 2 atom stereocenters. The number of carbonyl (C=O) groups excluding carboxylic acids is 2. The van der Waals surface area contributed by atoms with E-state index in [9.17, 15) is 9.59 Å². The van der Waals surface area contributed by atoms with Crippen molar-refractivity contribution in [3.8, 4) is 5.75 Å². The molecule has 0 saturated carbocycles. The van der Waals surface area contributed by atoms with Gasteiger partial charge in [0.2, 0.25) is 0 Å². The van der Waals surface area contributed by atoms with Crippen LogP contribution in [0.1, 0.15) is 46.1 Å². The number of hydrogen-bond acceptors (Lipinski definition) is 5. The molecule has 6 heteroatoms. The fourth-order valence-corrected chi connectivity index (χ4v) is 2.92. The van der Waals surface area contributed by atoms with Crippen molar-refractivity contribution in [2.75, 3.05) is 19.8 Å². The molecule has 2 rings (SSSR count). The van der Waals surface area contributed by atoms with E-state index in [2.05, 4.69) is 12.2 Å². The van der Waals surface area contributed by atoms with Crippen LogP contribution in [0, 0.1) is 5.92 Å². The molecule has 0 aliphatic carbocycles. The summed E-state index contributed by atoms with van der Waals surface area (Å²) in [4.78, 5) is 24.0. The van der Waals surface area contributed by atoms with Crippen LogP contribution in [-0.2, 0) is 19.8 Å². The number of amides is 1. The van der Waals surface area contributed by atoms with E-state index in [1.54, 1.807) is 20.8 Å². The first-order chi connectivity index (χ1) is 12.3. The van der Waals surface area contributed by atoms with Crippen LogP contribution < -0.4 is 10.1 Å². The Balaban J connectivity index is 2.22. The van der Waals surface area contributed by atoms with Gasteiger partial charge in [-0.15, -0.1) is 0 Å². The first kappa shape index (κ1) is 20.2. The topological polar surface area (TPSA) is 73.9 Å². The second-order valence-corrected chi connectivity index (χ2v) is 7.58.